The van der Waals surface area contributed by atoms with E-state index >= 15 is 0 Å². The molecule has 1 unspecified atom stereocenters. The van der Waals surface area contributed by atoms with Crippen LogP contribution in [-0.2, 0) is 6.42 Å². The fraction of sp³-hybridized carbons (Fsp3) is 0.733. The molecule has 1 aliphatic heterocycles. The smallest absolute Gasteiger partial charge is 0.314 e. The highest BCUT2D eigenvalue weighted by Gasteiger charge is 2.15. The van der Waals surface area contributed by atoms with Crippen LogP contribution in [0.5, 0.6) is 0 Å². The van der Waals surface area contributed by atoms with Crippen LogP contribution >= 0.6 is 11.3 Å². The number of rotatable bonds is 7. The van der Waals surface area contributed by atoms with E-state index in [2.05, 4.69) is 20.5 Å². The molecule has 22 heavy (non-hydrogen) atoms. The third kappa shape index (κ3) is 6.29. The molecule has 7 heteroatoms. The number of nitrogens with zero attached hydrogens (tertiary/aromatic N) is 2. The quantitative estimate of drug-likeness (QED) is 0.702. The summed E-state index contributed by atoms with van der Waals surface area (Å²) in [6, 6.07) is -0.232. The molecule has 2 amide bonds. The molecule has 0 spiro atoms. The minimum Gasteiger partial charge on any atom is -0.390 e. The number of aryl methyl sites for hydroxylation is 1. The summed E-state index contributed by atoms with van der Waals surface area (Å²) in [4.78, 5) is 18.3. The maximum absolute atomic E-state index is 11.7. The van der Waals surface area contributed by atoms with Gasteiger partial charge in [0.15, 0.2) is 0 Å². The van der Waals surface area contributed by atoms with Gasteiger partial charge in [-0.1, -0.05) is 6.42 Å². The first-order valence-corrected chi connectivity index (χ1v) is 8.84. The van der Waals surface area contributed by atoms with E-state index in [1.807, 2.05) is 12.3 Å². The lowest BCUT2D eigenvalue weighted by Gasteiger charge is -2.28. The van der Waals surface area contributed by atoms with Gasteiger partial charge in [0.25, 0.3) is 0 Å². The van der Waals surface area contributed by atoms with Crippen LogP contribution in [0.4, 0.5) is 4.79 Å². The van der Waals surface area contributed by atoms with Crippen LogP contribution in [0.15, 0.2) is 5.38 Å². The van der Waals surface area contributed by atoms with Gasteiger partial charge in [-0.25, -0.2) is 9.78 Å². The van der Waals surface area contributed by atoms with Gasteiger partial charge in [0.1, 0.15) is 0 Å². The van der Waals surface area contributed by atoms with Gasteiger partial charge in [-0.15, -0.1) is 11.3 Å². The third-order valence-electron chi connectivity index (χ3n) is 3.75. The Bertz CT molecular complexity index is 460. The zero-order valence-electron chi connectivity index (χ0n) is 13.2. The first kappa shape index (κ1) is 17.2. The van der Waals surface area contributed by atoms with E-state index in [0.717, 1.165) is 30.2 Å². The molecule has 0 radical (unpaired) electrons. The molecule has 1 aromatic rings. The lowest BCUT2D eigenvalue weighted by atomic mass is 10.1. The second kappa shape index (κ2) is 9.07. The number of hydrogen-bond donors (Lipinski definition) is 3. The number of aliphatic hydroxyl groups excluding tert-OH is 1. The SMILES string of the molecule is Cc1nc(CCNC(=O)NCC(O)CN2CCCCC2)cs1. The predicted molar refractivity (Wildman–Crippen MR) is 88.3 cm³/mol. The molecule has 2 rings (SSSR count). The summed E-state index contributed by atoms with van der Waals surface area (Å²) in [5, 5.41) is 18.5. The number of nitrogens with one attached hydrogen (secondary N) is 2. The Balaban J connectivity index is 1.54. The summed E-state index contributed by atoms with van der Waals surface area (Å²) in [5.41, 5.74) is 1.01. The van der Waals surface area contributed by atoms with E-state index in [1.54, 1.807) is 11.3 Å². The number of aliphatic hydroxyl groups is 1. The van der Waals surface area contributed by atoms with Gasteiger partial charge in [0.05, 0.1) is 16.8 Å². The molecule has 0 aromatic carbocycles. The van der Waals surface area contributed by atoms with Crippen LogP contribution in [0.3, 0.4) is 0 Å². The van der Waals surface area contributed by atoms with Crippen molar-refractivity contribution in [1.82, 2.24) is 20.5 Å². The van der Waals surface area contributed by atoms with Crippen LogP contribution in [0.1, 0.15) is 30.0 Å². The van der Waals surface area contributed by atoms with Gasteiger partial charge in [-0.2, -0.15) is 0 Å². The van der Waals surface area contributed by atoms with Crippen molar-refractivity contribution in [3.8, 4) is 0 Å². The van der Waals surface area contributed by atoms with Crippen LogP contribution in [0, 0.1) is 6.92 Å². The van der Waals surface area contributed by atoms with Crippen molar-refractivity contribution >= 4 is 17.4 Å². The van der Waals surface area contributed by atoms with Crippen molar-refractivity contribution in [2.24, 2.45) is 0 Å². The Morgan fingerprint density at radius 3 is 2.86 bits per heavy atom. The number of carbonyl (C=O) groups excluding carboxylic acids is 1. The molecule has 1 aliphatic rings. The van der Waals surface area contributed by atoms with E-state index in [-0.39, 0.29) is 12.6 Å². The van der Waals surface area contributed by atoms with Crippen LogP contribution < -0.4 is 10.6 Å². The van der Waals surface area contributed by atoms with Crippen LogP contribution in [0.2, 0.25) is 0 Å². The van der Waals surface area contributed by atoms with Gasteiger partial charge >= 0.3 is 6.03 Å². The average molecular weight is 326 g/mol. The summed E-state index contributed by atoms with van der Waals surface area (Å²) in [6.07, 6.45) is 3.91. The highest BCUT2D eigenvalue weighted by molar-refractivity contribution is 7.09. The largest absolute Gasteiger partial charge is 0.390 e. The van der Waals surface area contributed by atoms with E-state index in [1.165, 1.54) is 19.3 Å². The average Bonchev–Trinajstić information content (AvgIpc) is 2.92. The molecule has 6 nitrogen and oxygen atoms in total. The Morgan fingerprint density at radius 1 is 1.41 bits per heavy atom. The number of carbonyl (C=O) groups is 1. The van der Waals surface area contributed by atoms with Gasteiger partial charge in [-0.3, -0.25) is 0 Å². The number of aromatic nitrogens is 1. The summed E-state index contributed by atoms with van der Waals surface area (Å²) in [7, 11) is 0. The lowest BCUT2D eigenvalue weighted by molar-refractivity contribution is 0.101. The Labute approximate surface area is 135 Å². The maximum atomic E-state index is 11.7. The number of β-amino-alcohol motifs (C(OH)–C–C–N with tert-alkyl or cyclic N) is 1. The molecule has 2 heterocycles. The molecule has 3 N–H and O–H groups in total. The summed E-state index contributed by atoms with van der Waals surface area (Å²) >= 11 is 1.62. The van der Waals surface area contributed by atoms with Crippen LogP contribution in [-0.4, -0.2) is 59.8 Å². The molecule has 0 saturated carbocycles. The molecule has 0 bridgehead atoms. The molecule has 1 saturated heterocycles. The molecular formula is C15H26N4O2S. The predicted octanol–water partition coefficient (Wildman–Crippen LogP) is 1.14. The topological polar surface area (TPSA) is 77.5 Å². The van der Waals surface area contributed by atoms with E-state index in [0.29, 0.717) is 13.1 Å². The summed E-state index contributed by atoms with van der Waals surface area (Å²) in [6.45, 7) is 5.55. The number of piperidine rings is 1. The molecule has 0 aliphatic carbocycles. The number of hydrogen-bond acceptors (Lipinski definition) is 5. The molecular weight excluding hydrogens is 300 g/mol. The Hall–Kier alpha value is -1.18. The Kier molecular flexibility index (Phi) is 7.08. The first-order chi connectivity index (χ1) is 10.6. The van der Waals surface area contributed by atoms with Crippen molar-refractivity contribution < 1.29 is 9.90 Å². The minimum absolute atomic E-state index is 0.232. The molecule has 1 aromatic heterocycles. The highest BCUT2D eigenvalue weighted by atomic mass is 32.1. The number of likely N-dealkylation sites (tertiary alicyclic amines) is 1. The first-order valence-electron chi connectivity index (χ1n) is 7.96. The molecule has 124 valence electrons. The van der Waals surface area contributed by atoms with E-state index < -0.39 is 6.10 Å². The van der Waals surface area contributed by atoms with Gasteiger partial charge in [-0.05, 0) is 32.9 Å². The van der Waals surface area contributed by atoms with Crippen molar-refractivity contribution in [1.29, 1.82) is 0 Å². The zero-order valence-corrected chi connectivity index (χ0v) is 14.0. The molecule has 1 fully saturated rings. The maximum Gasteiger partial charge on any atom is 0.314 e. The van der Waals surface area contributed by atoms with Gasteiger partial charge in [0.2, 0.25) is 0 Å². The fourth-order valence-corrected chi connectivity index (χ4v) is 3.25. The van der Waals surface area contributed by atoms with E-state index in [9.17, 15) is 9.90 Å². The molecule has 1 atom stereocenters. The highest BCUT2D eigenvalue weighted by Crippen LogP contribution is 2.09. The Morgan fingerprint density at radius 2 is 2.18 bits per heavy atom. The van der Waals surface area contributed by atoms with Crippen molar-refractivity contribution in [2.75, 3.05) is 32.7 Å². The number of thiazole rings is 1. The van der Waals surface area contributed by atoms with Gasteiger partial charge in [0, 0.05) is 31.4 Å². The number of urea groups is 1. The lowest BCUT2D eigenvalue weighted by Crippen LogP contribution is -2.45. The monoisotopic (exact) mass is 326 g/mol. The minimum atomic E-state index is -0.509. The van der Waals surface area contributed by atoms with Crippen molar-refractivity contribution in [2.45, 2.75) is 38.7 Å². The third-order valence-corrected chi connectivity index (χ3v) is 4.57. The second-order valence-electron chi connectivity index (χ2n) is 5.76. The summed E-state index contributed by atoms with van der Waals surface area (Å²) in [5.74, 6) is 0. The number of amides is 2. The van der Waals surface area contributed by atoms with Crippen molar-refractivity contribution in [3.63, 3.8) is 0 Å². The van der Waals surface area contributed by atoms with Crippen molar-refractivity contribution in [3.05, 3.63) is 16.1 Å². The second-order valence-corrected chi connectivity index (χ2v) is 6.82. The summed E-state index contributed by atoms with van der Waals surface area (Å²) < 4.78 is 0. The van der Waals surface area contributed by atoms with Gasteiger partial charge < -0.3 is 20.6 Å². The van der Waals surface area contributed by atoms with Crippen LogP contribution in [0.25, 0.3) is 0 Å². The zero-order chi connectivity index (χ0) is 15.8. The normalized spacial score (nSPS) is 17.2. The fourth-order valence-electron chi connectivity index (χ4n) is 2.60. The standard InChI is InChI=1S/C15H26N4O2S/c1-12-18-13(11-22-12)5-6-16-15(21)17-9-14(20)10-19-7-3-2-4-8-19/h11,14,20H,2-10H2,1H3,(H2,16,17,21). The van der Waals surface area contributed by atoms with E-state index in [4.69, 9.17) is 0 Å².